The highest BCUT2D eigenvalue weighted by Gasteiger charge is 2.50. The molecule has 1 fully saturated rings. The summed E-state index contributed by atoms with van der Waals surface area (Å²) in [6.07, 6.45) is 4.58. The van der Waals surface area contributed by atoms with Crippen LogP contribution in [0.2, 0.25) is 0 Å². The lowest BCUT2D eigenvalue weighted by molar-refractivity contribution is -0.0208. The van der Waals surface area contributed by atoms with Crippen LogP contribution in [0, 0.1) is 5.41 Å². The van der Waals surface area contributed by atoms with Gasteiger partial charge in [-0.05, 0) is 44.9 Å². The Hall–Kier alpha value is -2.63. The molecular weight excluding hydrogens is 318 g/mol. The summed E-state index contributed by atoms with van der Waals surface area (Å²) in [6.45, 7) is 6.99. The Morgan fingerprint density at radius 3 is 2.68 bits per heavy atom. The molecule has 6 nitrogen and oxygen atoms in total. The van der Waals surface area contributed by atoms with Crippen LogP contribution in [0.5, 0.6) is 5.75 Å². The number of amides is 1. The summed E-state index contributed by atoms with van der Waals surface area (Å²) in [4.78, 5) is 22.8. The molecular formula is C19H21N3O3. The van der Waals surface area contributed by atoms with Gasteiger partial charge in [0.15, 0.2) is 0 Å². The fourth-order valence-corrected chi connectivity index (χ4v) is 3.41. The van der Waals surface area contributed by atoms with Crippen molar-refractivity contribution in [1.29, 1.82) is 0 Å². The summed E-state index contributed by atoms with van der Waals surface area (Å²) in [7, 11) is 0. The van der Waals surface area contributed by atoms with Crippen LogP contribution >= 0.6 is 0 Å². The number of likely N-dealkylation sites (tertiary alicyclic amines) is 1. The van der Waals surface area contributed by atoms with Crippen molar-refractivity contribution in [3.8, 4) is 5.75 Å². The maximum absolute atomic E-state index is 12.0. The Morgan fingerprint density at radius 1 is 1.28 bits per heavy atom. The van der Waals surface area contributed by atoms with E-state index in [1.807, 2.05) is 20.8 Å². The molecule has 1 aromatic heterocycles. The molecule has 0 radical (unpaired) electrons. The molecule has 1 aliphatic heterocycles. The number of rotatable bonds is 1. The van der Waals surface area contributed by atoms with E-state index in [9.17, 15) is 9.90 Å². The maximum Gasteiger partial charge on any atom is 0.410 e. The number of fused-ring (bicyclic) bond motifs is 1. The minimum atomic E-state index is -0.466. The highest BCUT2D eigenvalue weighted by molar-refractivity contribution is 5.80. The Labute approximate surface area is 146 Å². The van der Waals surface area contributed by atoms with Gasteiger partial charge in [-0.25, -0.2) is 9.78 Å². The zero-order valence-corrected chi connectivity index (χ0v) is 14.6. The van der Waals surface area contributed by atoms with Gasteiger partial charge in [0.1, 0.15) is 11.4 Å². The van der Waals surface area contributed by atoms with Crippen LogP contribution in [0.3, 0.4) is 0 Å². The normalized spacial score (nSPS) is 18.5. The molecule has 1 aromatic carbocycles. The summed E-state index contributed by atoms with van der Waals surface area (Å²) in [5.74, 6) is 0.185. The van der Waals surface area contributed by atoms with E-state index in [0.717, 1.165) is 23.2 Å². The number of hydrogen-bond donors (Lipinski definition) is 1. The third-order valence-corrected chi connectivity index (χ3v) is 4.54. The molecule has 0 unspecified atom stereocenters. The molecule has 25 heavy (non-hydrogen) atoms. The predicted octanol–water partition coefficient (Wildman–Crippen LogP) is 3.36. The van der Waals surface area contributed by atoms with Gasteiger partial charge in [-0.15, -0.1) is 0 Å². The van der Waals surface area contributed by atoms with Crippen molar-refractivity contribution in [2.45, 2.75) is 32.8 Å². The fourth-order valence-electron chi connectivity index (χ4n) is 3.41. The Morgan fingerprint density at radius 2 is 2.00 bits per heavy atom. The van der Waals surface area contributed by atoms with Crippen LogP contribution in [0.1, 0.15) is 32.9 Å². The number of aromatic hydroxyl groups is 1. The number of hydrogen-bond acceptors (Lipinski definition) is 5. The van der Waals surface area contributed by atoms with E-state index in [0.29, 0.717) is 18.6 Å². The molecule has 1 aliphatic carbocycles. The zero-order chi connectivity index (χ0) is 17.8. The molecule has 2 aliphatic rings. The van der Waals surface area contributed by atoms with Crippen LogP contribution in [-0.4, -0.2) is 44.8 Å². The number of ether oxygens (including phenoxy) is 1. The quantitative estimate of drug-likeness (QED) is 0.862. The van der Waals surface area contributed by atoms with E-state index in [-0.39, 0.29) is 17.3 Å². The average molecular weight is 339 g/mol. The lowest BCUT2D eigenvalue weighted by atomic mass is 9.65. The van der Waals surface area contributed by atoms with Gasteiger partial charge in [-0.3, -0.25) is 4.98 Å². The third-order valence-electron chi connectivity index (χ3n) is 4.54. The highest BCUT2D eigenvalue weighted by Crippen LogP contribution is 2.50. The van der Waals surface area contributed by atoms with Crippen molar-refractivity contribution >= 4 is 22.7 Å². The Balaban J connectivity index is 1.45. The van der Waals surface area contributed by atoms with Gasteiger partial charge in [0.25, 0.3) is 0 Å². The molecule has 1 spiro atoms. The van der Waals surface area contributed by atoms with Crippen LogP contribution in [-0.2, 0) is 4.74 Å². The van der Waals surface area contributed by atoms with Crippen molar-refractivity contribution in [2.24, 2.45) is 5.41 Å². The summed E-state index contributed by atoms with van der Waals surface area (Å²) in [5, 5.41) is 9.59. The van der Waals surface area contributed by atoms with E-state index in [4.69, 9.17) is 4.74 Å². The standard InChI is InChI=1S/C19H21N3O3/c1-18(2,3)25-17(24)22-10-19(11-22)7-12(8-19)16-9-20-14-5-4-13(23)6-15(14)21-16/h4-7,9,23H,8,10-11H2,1-3H3. The van der Waals surface area contributed by atoms with Crippen LogP contribution in [0.4, 0.5) is 4.79 Å². The second kappa shape index (κ2) is 5.18. The molecule has 1 amide bonds. The number of nitrogens with zero attached hydrogens (tertiary/aromatic N) is 3. The number of carbonyl (C=O) groups is 1. The van der Waals surface area contributed by atoms with Gasteiger partial charge in [0.2, 0.25) is 0 Å². The van der Waals surface area contributed by atoms with Gasteiger partial charge in [0.05, 0.1) is 22.9 Å². The molecule has 4 rings (SSSR count). The minimum Gasteiger partial charge on any atom is -0.508 e. The van der Waals surface area contributed by atoms with E-state index in [2.05, 4.69) is 16.0 Å². The van der Waals surface area contributed by atoms with Crippen molar-refractivity contribution < 1.29 is 14.6 Å². The molecule has 0 atom stereocenters. The molecule has 6 heteroatoms. The van der Waals surface area contributed by atoms with Gasteiger partial charge in [-0.1, -0.05) is 6.08 Å². The number of carbonyl (C=O) groups excluding carboxylic acids is 1. The monoisotopic (exact) mass is 339 g/mol. The lowest BCUT2D eigenvalue weighted by Gasteiger charge is -2.53. The van der Waals surface area contributed by atoms with Crippen molar-refractivity contribution in [1.82, 2.24) is 14.9 Å². The summed E-state index contributed by atoms with van der Waals surface area (Å²) in [5.41, 5.74) is 3.01. The molecule has 0 bridgehead atoms. The molecule has 0 saturated carbocycles. The molecule has 130 valence electrons. The van der Waals surface area contributed by atoms with Crippen LogP contribution in [0.25, 0.3) is 16.6 Å². The topological polar surface area (TPSA) is 75.5 Å². The number of benzene rings is 1. The summed E-state index contributed by atoms with van der Waals surface area (Å²) < 4.78 is 5.39. The molecule has 1 saturated heterocycles. The number of phenolic OH excluding ortho intramolecular Hbond substituents is 1. The first-order valence-electron chi connectivity index (χ1n) is 8.39. The largest absolute Gasteiger partial charge is 0.508 e. The van der Waals surface area contributed by atoms with Crippen molar-refractivity contribution in [3.63, 3.8) is 0 Å². The smallest absolute Gasteiger partial charge is 0.410 e. The van der Waals surface area contributed by atoms with E-state index in [1.165, 1.54) is 0 Å². The second-order valence-electron chi connectivity index (χ2n) is 7.97. The minimum absolute atomic E-state index is 0.0572. The number of aromatic nitrogens is 2. The van der Waals surface area contributed by atoms with E-state index >= 15 is 0 Å². The van der Waals surface area contributed by atoms with Gasteiger partial charge in [-0.2, -0.15) is 0 Å². The maximum atomic E-state index is 12.0. The molecule has 2 aromatic rings. The summed E-state index contributed by atoms with van der Waals surface area (Å²) in [6, 6.07) is 4.98. The fraction of sp³-hybridized carbons (Fsp3) is 0.421. The third kappa shape index (κ3) is 2.92. The Kier molecular flexibility index (Phi) is 3.29. The van der Waals surface area contributed by atoms with E-state index < -0.39 is 5.60 Å². The molecule has 1 N–H and O–H groups in total. The average Bonchev–Trinajstić information content (AvgIpc) is 2.41. The first-order valence-corrected chi connectivity index (χ1v) is 8.39. The van der Waals surface area contributed by atoms with Gasteiger partial charge in [0, 0.05) is 24.6 Å². The van der Waals surface area contributed by atoms with Crippen molar-refractivity contribution in [2.75, 3.05) is 13.1 Å². The van der Waals surface area contributed by atoms with Gasteiger partial charge < -0.3 is 14.7 Å². The SMILES string of the molecule is CC(C)(C)OC(=O)N1CC2(C=C(c3cnc4ccc(O)cc4n3)C2)C1. The summed E-state index contributed by atoms with van der Waals surface area (Å²) >= 11 is 0. The Bertz CT molecular complexity index is 892. The second-order valence-corrected chi connectivity index (χ2v) is 7.97. The van der Waals surface area contributed by atoms with E-state index in [1.54, 1.807) is 29.3 Å². The van der Waals surface area contributed by atoms with Crippen molar-refractivity contribution in [3.05, 3.63) is 36.2 Å². The van der Waals surface area contributed by atoms with Crippen LogP contribution in [0.15, 0.2) is 30.5 Å². The first kappa shape index (κ1) is 15.9. The highest BCUT2D eigenvalue weighted by atomic mass is 16.6. The zero-order valence-electron chi connectivity index (χ0n) is 14.6. The molecule has 2 heterocycles. The van der Waals surface area contributed by atoms with Gasteiger partial charge >= 0.3 is 6.09 Å². The number of allylic oxidation sites excluding steroid dienone is 1. The number of phenols is 1. The predicted molar refractivity (Wildman–Crippen MR) is 94.0 cm³/mol. The van der Waals surface area contributed by atoms with Crippen LogP contribution < -0.4 is 0 Å². The lowest BCUT2D eigenvalue weighted by Crippen LogP contribution is -2.60. The first-order chi connectivity index (χ1) is 11.7.